The third-order valence-corrected chi connectivity index (χ3v) is 5.21. The largest absolute Gasteiger partial charge is 0.497 e. The molecule has 3 aromatic rings. The van der Waals surface area contributed by atoms with Gasteiger partial charge in [0, 0.05) is 18.1 Å². The van der Waals surface area contributed by atoms with Crippen LogP contribution in [0.4, 0.5) is 5.69 Å². The van der Waals surface area contributed by atoms with Gasteiger partial charge in [0.2, 0.25) is 0 Å². The van der Waals surface area contributed by atoms with Gasteiger partial charge in [-0.1, -0.05) is 6.07 Å². The Hall–Kier alpha value is -2.73. The number of aryl methyl sites for hydroxylation is 1. The van der Waals surface area contributed by atoms with Crippen LogP contribution < -0.4 is 9.46 Å². The number of rotatable bonds is 5. The average Bonchev–Trinajstić information content (AvgIpc) is 3.08. The highest BCUT2D eigenvalue weighted by molar-refractivity contribution is 7.92. The van der Waals surface area contributed by atoms with E-state index in [1.165, 1.54) is 0 Å². The van der Waals surface area contributed by atoms with Gasteiger partial charge in [0.1, 0.15) is 5.75 Å². The lowest BCUT2D eigenvalue weighted by atomic mass is 10.2. The SMILES string of the molecule is COc1ccc(S(=O)(=O)Nc2cccc(-n3cccc3)c2)c(C)c1. The molecule has 0 aliphatic carbocycles. The Balaban J connectivity index is 1.91. The van der Waals surface area contributed by atoms with Crippen molar-refractivity contribution in [2.45, 2.75) is 11.8 Å². The van der Waals surface area contributed by atoms with E-state index in [0.717, 1.165) is 5.69 Å². The Morgan fingerprint density at radius 1 is 1.00 bits per heavy atom. The number of methoxy groups -OCH3 is 1. The highest BCUT2D eigenvalue weighted by Crippen LogP contribution is 2.24. The topological polar surface area (TPSA) is 60.3 Å². The summed E-state index contributed by atoms with van der Waals surface area (Å²) in [6, 6.07) is 16.0. The van der Waals surface area contributed by atoms with Gasteiger partial charge in [-0.25, -0.2) is 8.42 Å². The minimum Gasteiger partial charge on any atom is -0.497 e. The van der Waals surface area contributed by atoms with Crippen LogP contribution in [0.3, 0.4) is 0 Å². The Labute approximate surface area is 141 Å². The molecular formula is C18H18N2O3S. The van der Waals surface area contributed by atoms with Crippen molar-refractivity contribution >= 4 is 15.7 Å². The van der Waals surface area contributed by atoms with Crippen LogP contribution in [0.1, 0.15) is 5.56 Å². The summed E-state index contributed by atoms with van der Waals surface area (Å²) in [6.07, 6.45) is 3.81. The first kappa shape index (κ1) is 16.1. The second kappa shape index (κ2) is 6.41. The molecular weight excluding hydrogens is 324 g/mol. The van der Waals surface area contributed by atoms with E-state index < -0.39 is 10.0 Å². The lowest BCUT2D eigenvalue weighted by Gasteiger charge is -2.12. The maximum Gasteiger partial charge on any atom is 0.262 e. The van der Waals surface area contributed by atoms with Gasteiger partial charge in [0.25, 0.3) is 10.0 Å². The Morgan fingerprint density at radius 2 is 1.75 bits per heavy atom. The fraction of sp³-hybridized carbons (Fsp3) is 0.111. The number of anilines is 1. The van der Waals surface area contributed by atoms with Crippen LogP contribution in [0.2, 0.25) is 0 Å². The molecule has 24 heavy (non-hydrogen) atoms. The van der Waals surface area contributed by atoms with Crippen molar-refractivity contribution in [3.05, 3.63) is 72.6 Å². The number of sulfonamides is 1. The lowest BCUT2D eigenvalue weighted by molar-refractivity contribution is 0.414. The Bertz CT molecular complexity index is 948. The van der Waals surface area contributed by atoms with Crippen LogP contribution in [-0.2, 0) is 10.0 Å². The summed E-state index contributed by atoms with van der Waals surface area (Å²) in [5.41, 5.74) is 2.02. The highest BCUT2D eigenvalue weighted by atomic mass is 32.2. The van der Waals surface area contributed by atoms with Crippen molar-refractivity contribution in [3.8, 4) is 11.4 Å². The second-order valence-electron chi connectivity index (χ2n) is 5.38. The van der Waals surface area contributed by atoms with Gasteiger partial charge in [-0.3, -0.25) is 4.72 Å². The van der Waals surface area contributed by atoms with Crippen LogP contribution in [0, 0.1) is 6.92 Å². The molecule has 1 aromatic heterocycles. The molecule has 6 heteroatoms. The van der Waals surface area contributed by atoms with Gasteiger partial charge < -0.3 is 9.30 Å². The summed E-state index contributed by atoms with van der Waals surface area (Å²) in [5.74, 6) is 0.626. The fourth-order valence-electron chi connectivity index (χ4n) is 2.50. The van der Waals surface area contributed by atoms with Crippen LogP contribution in [0.25, 0.3) is 5.69 Å². The molecule has 0 atom stereocenters. The summed E-state index contributed by atoms with van der Waals surface area (Å²) >= 11 is 0. The monoisotopic (exact) mass is 342 g/mol. The summed E-state index contributed by atoms with van der Waals surface area (Å²) in [6.45, 7) is 1.74. The van der Waals surface area contributed by atoms with Gasteiger partial charge in [0.15, 0.2) is 0 Å². The maximum absolute atomic E-state index is 12.7. The molecule has 0 aliphatic rings. The number of hydrogen-bond donors (Lipinski definition) is 1. The van der Waals surface area contributed by atoms with Gasteiger partial charge >= 0.3 is 0 Å². The molecule has 0 bridgehead atoms. The maximum atomic E-state index is 12.7. The Morgan fingerprint density at radius 3 is 2.42 bits per heavy atom. The molecule has 0 aliphatic heterocycles. The number of benzene rings is 2. The zero-order valence-electron chi connectivity index (χ0n) is 13.4. The van der Waals surface area contributed by atoms with Crippen LogP contribution in [0.15, 0.2) is 71.9 Å². The number of hydrogen-bond acceptors (Lipinski definition) is 3. The van der Waals surface area contributed by atoms with E-state index in [-0.39, 0.29) is 4.90 Å². The standard InChI is InChI=1S/C18H18N2O3S/c1-14-12-17(23-2)8-9-18(14)24(21,22)19-15-6-5-7-16(13-15)20-10-3-4-11-20/h3-13,19H,1-2H3. The molecule has 0 radical (unpaired) electrons. The van der Waals surface area contributed by atoms with Crippen molar-refractivity contribution in [2.24, 2.45) is 0 Å². The number of nitrogens with zero attached hydrogens (tertiary/aromatic N) is 1. The number of ether oxygens (including phenoxy) is 1. The van der Waals surface area contributed by atoms with Gasteiger partial charge in [-0.2, -0.15) is 0 Å². The van der Waals surface area contributed by atoms with Crippen molar-refractivity contribution in [3.63, 3.8) is 0 Å². The third kappa shape index (κ3) is 3.28. The molecule has 3 rings (SSSR count). The zero-order chi connectivity index (χ0) is 17.2. The van der Waals surface area contributed by atoms with E-state index >= 15 is 0 Å². The summed E-state index contributed by atoms with van der Waals surface area (Å²) in [5, 5.41) is 0. The first-order valence-electron chi connectivity index (χ1n) is 7.40. The molecule has 0 spiro atoms. The number of nitrogens with one attached hydrogen (secondary N) is 1. The summed E-state index contributed by atoms with van der Waals surface area (Å²) < 4.78 is 35.0. The number of aromatic nitrogens is 1. The minimum absolute atomic E-state index is 0.231. The van der Waals surface area contributed by atoms with Crippen LogP contribution >= 0.6 is 0 Å². The van der Waals surface area contributed by atoms with Gasteiger partial charge in [-0.05, 0) is 61.0 Å². The molecule has 1 N–H and O–H groups in total. The molecule has 0 unspecified atom stereocenters. The molecule has 0 saturated carbocycles. The normalized spacial score (nSPS) is 11.2. The van der Waals surface area contributed by atoms with Gasteiger partial charge in [-0.15, -0.1) is 0 Å². The summed E-state index contributed by atoms with van der Waals surface area (Å²) in [7, 11) is -2.12. The van der Waals surface area contributed by atoms with Crippen LogP contribution in [-0.4, -0.2) is 20.1 Å². The van der Waals surface area contributed by atoms with Crippen molar-refractivity contribution < 1.29 is 13.2 Å². The zero-order valence-corrected chi connectivity index (χ0v) is 14.2. The molecule has 0 fully saturated rings. The summed E-state index contributed by atoms with van der Waals surface area (Å²) in [4.78, 5) is 0.231. The quantitative estimate of drug-likeness (QED) is 0.771. The second-order valence-corrected chi connectivity index (χ2v) is 7.03. The van der Waals surface area contributed by atoms with Crippen LogP contribution in [0.5, 0.6) is 5.75 Å². The molecule has 2 aromatic carbocycles. The van der Waals surface area contributed by atoms with E-state index in [4.69, 9.17) is 4.74 Å². The molecule has 0 saturated heterocycles. The smallest absolute Gasteiger partial charge is 0.262 e. The predicted molar refractivity (Wildman–Crippen MR) is 94.3 cm³/mol. The van der Waals surface area contributed by atoms with Crippen molar-refractivity contribution in [1.29, 1.82) is 0 Å². The van der Waals surface area contributed by atoms with E-state index in [2.05, 4.69) is 4.72 Å². The molecule has 0 amide bonds. The molecule has 5 nitrogen and oxygen atoms in total. The van der Waals surface area contributed by atoms with E-state index in [9.17, 15) is 8.42 Å². The predicted octanol–water partition coefficient (Wildman–Crippen LogP) is 3.60. The van der Waals surface area contributed by atoms with E-state index in [1.54, 1.807) is 44.4 Å². The molecule has 124 valence electrons. The fourth-order valence-corrected chi connectivity index (χ4v) is 3.77. The van der Waals surface area contributed by atoms with Crippen molar-refractivity contribution in [1.82, 2.24) is 4.57 Å². The van der Waals surface area contributed by atoms with E-state index in [1.807, 2.05) is 41.2 Å². The Kier molecular flexibility index (Phi) is 4.31. The van der Waals surface area contributed by atoms with Gasteiger partial charge in [0.05, 0.1) is 17.7 Å². The highest BCUT2D eigenvalue weighted by Gasteiger charge is 2.17. The van der Waals surface area contributed by atoms with Crippen molar-refractivity contribution in [2.75, 3.05) is 11.8 Å². The van der Waals surface area contributed by atoms with E-state index in [0.29, 0.717) is 17.0 Å². The first-order valence-corrected chi connectivity index (χ1v) is 8.89. The molecule has 1 heterocycles. The first-order chi connectivity index (χ1) is 11.5. The average molecular weight is 342 g/mol. The minimum atomic E-state index is -3.67. The third-order valence-electron chi connectivity index (χ3n) is 3.67. The lowest BCUT2D eigenvalue weighted by Crippen LogP contribution is -2.14.